The molecule has 0 aromatic heterocycles. The van der Waals surface area contributed by atoms with Crippen molar-refractivity contribution in [1.29, 1.82) is 0 Å². The molecule has 4 aromatic rings. The smallest absolute Gasteiger partial charge is 0.407 e. The van der Waals surface area contributed by atoms with Crippen molar-refractivity contribution in [3.05, 3.63) is 107 Å². The highest BCUT2D eigenvalue weighted by Crippen LogP contribution is 2.40. The van der Waals surface area contributed by atoms with Crippen LogP contribution in [0.25, 0.3) is 22.3 Å². The Balaban J connectivity index is 1.55. The Kier molecular flexibility index (Phi) is 15.2. The highest BCUT2D eigenvalue weighted by molar-refractivity contribution is 6.30. The van der Waals surface area contributed by atoms with E-state index in [9.17, 15) is 28.8 Å². The lowest BCUT2D eigenvalue weighted by Crippen LogP contribution is -2.55. The molecule has 0 aliphatic carbocycles. The molecule has 5 rings (SSSR count). The van der Waals surface area contributed by atoms with Gasteiger partial charge in [0.25, 0.3) is 5.91 Å². The van der Waals surface area contributed by atoms with Gasteiger partial charge in [-0.15, -0.1) is 0 Å². The van der Waals surface area contributed by atoms with Crippen LogP contribution in [-0.2, 0) is 35.1 Å². The normalized spacial score (nSPS) is 16.9. The van der Waals surface area contributed by atoms with Crippen molar-refractivity contribution in [2.75, 3.05) is 34.9 Å². The van der Waals surface area contributed by atoms with E-state index in [1.807, 2.05) is 12.1 Å². The van der Waals surface area contributed by atoms with Crippen LogP contribution in [0.3, 0.4) is 0 Å². The summed E-state index contributed by atoms with van der Waals surface area (Å²) in [5, 5.41) is 11.4. The van der Waals surface area contributed by atoms with Gasteiger partial charge < -0.3 is 45.1 Å². The van der Waals surface area contributed by atoms with Gasteiger partial charge in [0.15, 0.2) is 0 Å². The molecule has 62 heavy (non-hydrogen) atoms. The molecule has 4 atom stereocenters. The quantitative estimate of drug-likeness (QED) is 0.138. The third-order valence-electron chi connectivity index (χ3n) is 10.1. The van der Waals surface area contributed by atoms with Crippen LogP contribution in [0.5, 0.6) is 11.5 Å². The summed E-state index contributed by atoms with van der Waals surface area (Å²) >= 11 is 6.06. The zero-order chi connectivity index (χ0) is 45.3. The molecule has 16 heteroatoms. The summed E-state index contributed by atoms with van der Waals surface area (Å²) in [6, 6.07) is 19.2. The molecule has 5 amide bonds. The van der Waals surface area contributed by atoms with Gasteiger partial charge in [0, 0.05) is 41.7 Å². The number of fused-ring (bicyclic) bond motifs is 5. The van der Waals surface area contributed by atoms with Gasteiger partial charge >= 0.3 is 12.1 Å². The molecule has 1 aliphatic heterocycles. The van der Waals surface area contributed by atoms with Crippen molar-refractivity contribution in [1.82, 2.24) is 26.2 Å². The SMILES string of the molecule is COC(=O)C1Cc2ccc(OC)c(c2)-c2cc(ccc2OC)C(N(C)C(=O)C(CCNC(=O)OC(C)(C)C)NC(=O)c2ccc(-c3ccc(Cl)cc3)cc2)C(=O)NC(C)C(=O)N1. The maximum absolute atomic E-state index is 14.8. The Morgan fingerprint density at radius 1 is 0.823 bits per heavy atom. The second-order valence-electron chi connectivity index (χ2n) is 15.7. The minimum atomic E-state index is -1.40. The molecular weight excluding hydrogens is 818 g/mol. The number of carbonyl (C=O) groups excluding carboxylic acids is 6. The van der Waals surface area contributed by atoms with E-state index in [1.54, 1.807) is 93.6 Å². The van der Waals surface area contributed by atoms with Crippen LogP contribution >= 0.6 is 11.6 Å². The predicted octanol–water partition coefficient (Wildman–Crippen LogP) is 5.62. The van der Waals surface area contributed by atoms with Crippen LogP contribution in [0.2, 0.25) is 5.02 Å². The van der Waals surface area contributed by atoms with Gasteiger partial charge in [0.05, 0.1) is 21.3 Å². The Morgan fingerprint density at radius 2 is 1.42 bits per heavy atom. The minimum Gasteiger partial charge on any atom is -0.496 e. The first-order chi connectivity index (χ1) is 29.4. The van der Waals surface area contributed by atoms with E-state index >= 15 is 0 Å². The number of ether oxygens (including phenoxy) is 4. The minimum absolute atomic E-state index is 0.0559. The molecule has 0 saturated carbocycles. The summed E-state index contributed by atoms with van der Waals surface area (Å²) in [5.41, 5.74) is 3.19. The second-order valence-corrected chi connectivity index (χ2v) is 16.1. The van der Waals surface area contributed by atoms with Gasteiger partial charge in [-0.25, -0.2) is 9.59 Å². The average molecular weight is 870 g/mol. The molecule has 4 aromatic carbocycles. The van der Waals surface area contributed by atoms with Gasteiger partial charge in [-0.2, -0.15) is 0 Å². The highest BCUT2D eigenvalue weighted by atomic mass is 35.5. The lowest BCUT2D eigenvalue weighted by Gasteiger charge is -2.32. The van der Waals surface area contributed by atoms with E-state index in [2.05, 4.69) is 21.3 Å². The van der Waals surface area contributed by atoms with E-state index in [-0.39, 0.29) is 24.9 Å². The number of alkyl carbamates (subject to hydrolysis) is 1. The van der Waals surface area contributed by atoms with E-state index in [0.717, 1.165) is 11.1 Å². The van der Waals surface area contributed by atoms with Crippen molar-refractivity contribution in [2.45, 2.75) is 70.3 Å². The van der Waals surface area contributed by atoms with Gasteiger partial charge in [-0.1, -0.05) is 48.0 Å². The number of carbonyl (C=O) groups is 6. The predicted molar refractivity (Wildman–Crippen MR) is 233 cm³/mol. The fourth-order valence-corrected chi connectivity index (χ4v) is 7.06. The number of likely N-dealkylation sites (N-methyl/N-ethyl adjacent to an activating group) is 1. The molecule has 4 bridgehead atoms. The number of hydrogen-bond acceptors (Lipinski definition) is 10. The van der Waals surface area contributed by atoms with Crippen LogP contribution in [0, 0.1) is 0 Å². The Morgan fingerprint density at radius 3 is 2.02 bits per heavy atom. The molecule has 15 nitrogen and oxygen atoms in total. The molecule has 328 valence electrons. The van der Waals surface area contributed by atoms with E-state index in [0.29, 0.717) is 38.8 Å². The summed E-state index contributed by atoms with van der Waals surface area (Å²) < 4.78 is 21.9. The fraction of sp³-hybridized carbons (Fsp3) is 0.348. The van der Waals surface area contributed by atoms with Crippen LogP contribution in [0.4, 0.5) is 4.79 Å². The Bertz CT molecular complexity index is 2290. The van der Waals surface area contributed by atoms with Gasteiger partial charge in [0.1, 0.15) is 41.3 Å². The summed E-state index contributed by atoms with van der Waals surface area (Å²) in [4.78, 5) is 83.3. The number of nitrogens with one attached hydrogen (secondary N) is 4. The standard InChI is InChI=1S/C46H52ClN5O10/c1-26-40(53)51-36(44(57)61-8)24-27-9-19-37(59-6)33(23-27)34-25-31(16-20-38(34)60-7)39(42(55)49-26)52(5)43(56)35(21-22-48-45(58)62-46(2,3)4)50-41(54)30-12-10-28(11-13-30)29-14-17-32(47)18-15-29/h9-20,23,25-26,35-36,39H,21-22,24H2,1-8H3,(H,48,58)(H,49,55)(H,50,54)(H,51,53). The summed E-state index contributed by atoms with van der Waals surface area (Å²) in [7, 11) is 5.59. The zero-order valence-corrected chi connectivity index (χ0v) is 36.7. The molecule has 0 radical (unpaired) electrons. The van der Waals surface area contributed by atoms with E-state index < -0.39 is 65.5 Å². The molecule has 4 N–H and O–H groups in total. The maximum atomic E-state index is 14.8. The number of rotatable bonds is 11. The number of methoxy groups -OCH3 is 3. The zero-order valence-electron chi connectivity index (χ0n) is 35.9. The van der Waals surface area contributed by atoms with Crippen LogP contribution in [-0.4, -0.2) is 99.2 Å². The van der Waals surface area contributed by atoms with Gasteiger partial charge in [-0.05, 0) is 105 Å². The number of amides is 5. The van der Waals surface area contributed by atoms with Crippen molar-refractivity contribution < 1.29 is 47.7 Å². The first-order valence-electron chi connectivity index (χ1n) is 19.9. The Hall–Kier alpha value is -6.61. The van der Waals surface area contributed by atoms with Gasteiger partial charge in [-0.3, -0.25) is 19.2 Å². The molecule has 4 unspecified atom stereocenters. The first-order valence-corrected chi connectivity index (χ1v) is 20.2. The largest absolute Gasteiger partial charge is 0.496 e. The average Bonchev–Trinajstić information content (AvgIpc) is 3.24. The highest BCUT2D eigenvalue weighted by Gasteiger charge is 2.36. The maximum Gasteiger partial charge on any atom is 0.407 e. The van der Waals surface area contributed by atoms with Crippen molar-refractivity contribution in [3.8, 4) is 33.8 Å². The molecule has 0 saturated heterocycles. The van der Waals surface area contributed by atoms with Crippen molar-refractivity contribution >= 4 is 47.3 Å². The lowest BCUT2D eigenvalue weighted by atomic mass is 9.93. The molecular formula is C46H52ClN5O10. The number of halogens is 1. The van der Waals surface area contributed by atoms with Crippen LogP contribution in [0.15, 0.2) is 84.9 Å². The van der Waals surface area contributed by atoms with E-state index in [4.69, 9.17) is 30.5 Å². The second kappa shape index (κ2) is 20.3. The van der Waals surface area contributed by atoms with Crippen LogP contribution < -0.4 is 30.7 Å². The van der Waals surface area contributed by atoms with Crippen molar-refractivity contribution in [2.24, 2.45) is 0 Å². The number of hydrogen-bond donors (Lipinski definition) is 4. The number of benzene rings is 4. The summed E-state index contributed by atoms with van der Waals surface area (Å²) in [6.45, 7) is 6.49. The summed E-state index contributed by atoms with van der Waals surface area (Å²) in [5.74, 6) is -2.55. The molecule has 0 spiro atoms. The van der Waals surface area contributed by atoms with E-state index in [1.165, 1.54) is 40.2 Å². The van der Waals surface area contributed by atoms with Crippen LogP contribution in [0.1, 0.15) is 61.6 Å². The molecule has 1 heterocycles. The molecule has 0 fully saturated rings. The fourth-order valence-electron chi connectivity index (χ4n) is 6.94. The third-order valence-corrected chi connectivity index (χ3v) is 10.4. The van der Waals surface area contributed by atoms with Gasteiger partial charge in [0.2, 0.25) is 17.7 Å². The number of esters is 1. The third kappa shape index (κ3) is 11.6. The molecule has 1 aliphatic rings. The monoisotopic (exact) mass is 869 g/mol. The topological polar surface area (TPSA) is 191 Å². The number of nitrogens with zero attached hydrogens (tertiary/aromatic N) is 1. The summed E-state index contributed by atoms with van der Waals surface area (Å²) in [6.07, 6.45) is -0.768. The first kappa shape index (κ1) is 46.5. The van der Waals surface area contributed by atoms with Crippen molar-refractivity contribution in [3.63, 3.8) is 0 Å². The lowest BCUT2D eigenvalue weighted by molar-refractivity contribution is -0.145. The Labute approximate surface area is 365 Å².